The fourth-order valence-corrected chi connectivity index (χ4v) is 4.18. The van der Waals surface area contributed by atoms with Gasteiger partial charge in [-0.15, -0.1) is 0 Å². The lowest BCUT2D eigenvalue weighted by molar-refractivity contribution is -0.141. The van der Waals surface area contributed by atoms with E-state index >= 15 is 0 Å². The Morgan fingerprint density at radius 1 is 1.38 bits per heavy atom. The molecule has 8 heteroatoms. The van der Waals surface area contributed by atoms with Gasteiger partial charge >= 0.3 is 5.97 Å². The predicted octanol–water partition coefficient (Wildman–Crippen LogP) is 3.18. The average molecular weight is 395 g/mol. The molecule has 1 aromatic carbocycles. The molecular weight excluding hydrogens is 376 g/mol. The van der Waals surface area contributed by atoms with E-state index in [1.807, 2.05) is 13.0 Å². The molecule has 0 bridgehead atoms. The Morgan fingerprint density at radius 2 is 2.15 bits per heavy atom. The lowest BCUT2D eigenvalue weighted by Crippen LogP contribution is -2.40. The van der Waals surface area contributed by atoms with Gasteiger partial charge in [-0.3, -0.25) is 9.69 Å². The molecule has 0 saturated carbocycles. The number of benzene rings is 1. The van der Waals surface area contributed by atoms with Crippen LogP contribution in [0.2, 0.25) is 5.02 Å². The van der Waals surface area contributed by atoms with E-state index in [2.05, 4.69) is 4.99 Å². The third kappa shape index (κ3) is 3.51. The number of halogens is 1. The number of rotatable bonds is 5. The van der Waals surface area contributed by atoms with E-state index in [0.29, 0.717) is 28.1 Å². The van der Waals surface area contributed by atoms with Gasteiger partial charge in [0.2, 0.25) is 5.91 Å². The first-order valence-corrected chi connectivity index (χ1v) is 9.40. The lowest BCUT2D eigenvalue weighted by Gasteiger charge is -2.33. The second kappa shape index (κ2) is 7.82. The fraction of sp³-hybridized carbons (Fsp3) is 0.389. The third-order valence-corrected chi connectivity index (χ3v) is 5.45. The van der Waals surface area contributed by atoms with E-state index in [1.165, 1.54) is 18.9 Å². The molecule has 1 saturated heterocycles. The number of fused-ring (bicyclic) bond motifs is 1. The summed E-state index contributed by atoms with van der Waals surface area (Å²) < 4.78 is 10.2. The van der Waals surface area contributed by atoms with E-state index < -0.39 is 12.0 Å². The van der Waals surface area contributed by atoms with Crippen LogP contribution < -0.4 is 0 Å². The number of hydrogen-bond donors (Lipinski definition) is 0. The predicted molar refractivity (Wildman–Crippen MR) is 101 cm³/mol. The maximum absolute atomic E-state index is 12.7. The van der Waals surface area contributed by atoms with Crippen LogP contribution in [0.3, 0.4) is 0 Å². The van der Waals surface area contributed by atoms with Crippen LogP contribution in [-0.2, 0) is 19.1 Å². The van der Waals surface area contributed by atoms with Gasteiger partial charge in [0.05, 0.1) is 29.2 Å². The second-order valence-corrected chi connectivity index (χ2v) is 7.69. The largest absolute Gasteiger partial charge is 0.460 e. The SMILES string of the molecule is COCCOC(=O)C1=C(C)N=C2S[C@@H](C)C(=O)N2[C@H]1c1cccc(Cl)c1. The summed E-state index contributed by atoms with van der Waals surface area (Å²) in [6, 6.07) is 6.53. The van der Waals surface area contributed by atoms with Crippen LogP contribution in [0.5, 0.6) is 0 Å². The molecule has 0 unspecified atom stereocenters. The van der Waals surface area contributed by atoms with Gasteiger partial charge in [-0.25, -0.2) is 9.79 Å². The van der Waals surface area contributed by atoms with E-state index in [9.17, 15) is 9.59 Å². The quantitative estimate of drug-likeness (QED) is 0.566. The first kappa shape index (κ1) is 18.9. The van der Waals surface area contributed by atoms with Crippen molar-refractivity contribution in [2.24, 2.45) is 4.99 Å². The summed E-state index contributed by atoms with van der Waals surface area (Å²) in [6.07, 6.45) is 0. The molecule has 2 aliphatic rings. The van der Waals surface area contributed by atoms with Gasteiger partial charge < -0.3 is 9.47 Å². The number of thioether (sulfide) groups is 1. The van der Waals surface area contributed by atoms with Crippen LogP contribution in [0.1, 0.15) is 25.5 Å². The molecule has 1 aromatic rings. The van der Waals surface area contributed by atoms with Gasteiger partial charge in [0, 0.05) is 12.1 Å². The Morgan fingerprint density at radius 3 is 2.85 bits per heavy atom. The molecule has 6 nitrogen and oxygen atoms in total. The van der Waals surface area contributed by atoms with Crippen LogP contribution >= 0.6 is 23.4 Å². The van der Waals surface area contributed by atoms with Crippen LogP contribution in [0.25, 0.3) is 0 Å². The van der Waals surface area contributed by atoms with Crippen LogP contribution in [-0.4, -0.2) is 47.5 Å². The molecule has 1 amide bonds. The average Bonchev–Trinajstić information content (AvgIpc) is 2.87. The van der Waals surface area contributed by atoms with Crippen LogP contribution in [0.15, 0.2) is 40.5 Å². The van der Waals surface area contributed by atoms with Crippen molar-refractivity contribution in [1.82, 2.24) is 4.90 Å². The van der Waals surface area contributed by atoms with Gasteiger partial charge in [0.1, 0.15) is 6.61 Å². The van der Waals surface area contributed by atoms with Crippen molar-refractivity contribution in [2.45, 2.75) is 25.1 Å². The van der Waals surface area contributed by atoms with Crippen molar-refractivity contribution in [3.05, 3.63) is 46.1 Å². The van der Waals surface area contributed by atoms with E-state index in [-0.39, 0.29) is 17.8 Å². The summed E-state index contributed by atoms with van der Waals surface area (Å²) in [6.45, 7) is 4.01. The molecule has 0 spiro atoms. The van der Waals surface area contributed by atoms with Crippen molar-refractivity contribution >= 4 is 40.4 Å². The first-order valence-electron chi connectivity index (χ1n) is 8.14. The zero-order valence-corrected chi connectivity index (χ0v) is 16.3. The topological polar surface area (TPSA) is 68.2 Å². The number of esters is 1. The van der Waals surface area contributed by atoms with Crippen molar-refractivity contribution in [3.63, 3.8) is 0 Å². The number of hydrogen-bond acceptors (Lipinski definition) is 6. The summed E-state index contributed by atoms with van der Waals surface area (Å²) in [5.41, 5.74) is 1.62. The smallest absolute Gasteiger partial charge is 0.338 e. The van der Waals surface area contributed by atoms with Crippen LogP contribution in [0.4, 0.5) is 0 Å². The molecular formula is C18H19ClN2O4S. The van der Waals surface area contributed by atoms with Gasteiger partial charge in [-0.2, -0.15) is 0 Å². The number of ether oxygens (including phenoxy) is 2. The van der Waals surface area contributed by atoms with Gasteiger partial charge in [0.25, 0.3) is 0 Å². The summed E-state index contributed by atoms with van der Waals surface area (Å²) in [7, 11) is 1.53. The highest BCUT2D eigenvalue weighted by atomic mass is 35.5. The molecule has 2 heterocycles. The van der Waals surface area contributed by atoms with Crippen molar-refractivity contribution in [2.75, 3.05) is 20.3 Å². The van der Waals surface area contributed by atoms with E-state index in [1.54, 1.807) is 30.0 Å². The Kier molecular flexibility index (Phi) is 5.70. The minimum Gasteiger partial charge on any atom is -0.460 e. The Labute approximate surface area is 161 Å². The second-order valence-electron chi connectivity index (χ2n) is 5.95. The Bertz CT molecular complexity index is 808. The summed E-state index contributed by atoms with van der Waals surface area (Å²) >= 11 is 7.54. The van der Waals surface area contributed by atoms with E-state index in [4.69, 9.17) is 21.1 Å². The van der Waals surface area contributed by atoms with E-state index in [0.717, 1.165) is 5.56 Å². The van der Waals surface area contributed by atoms with Crippen molar-refractivity contribution < 1.29 is 19.1 Å². The van der Waals surface area contributed by atoms with Crippen LogP contribution in [0, 0.1) is 0 Å². The van der Waals surface area contributed by atoms with Crippen molar-refractivity contribution in [3.8, 4) is 0 Å². The summed E-state index contributed by atoms with van der Waals surface area (Å²) in [5, 5.41) is 0.870. The molecule has 3 rings (SSSR count). The van der Waals surface area contributed by atoms with Crippen molar-refractivity contribution in [1.29, 1.82) is 0 Å². The molecule has 1 fully saturated rings. The normalized spacial score (nSPS) is 22.4. The molecule has 2 atom stereocenters. The number of amides is 1. The Hall–Kier alpha value is -1.83. The highest BCUT2D eigenvalue weighted by Crippen LogP contribution is 2.43. The first-order chi connectivity index (χ1) is 12.4. The standard InChI is InChI=1S/C18H19ClN2O4S/c1-10-14(17(23)25-8-7-24-3)15(12-5-4-6-13(19)9-12)21-16(22)11(2)26-18(21)20-10/h4-6,9,11,15H,7-8H2,1-3H3/t11-,15-/m0/s1. The zero-order valence-electron chi connectivity index (χ0n) is 14.7. The molecule has 0 aromatic heterocycles. The number of carbonyl (C=O) groups excluding carboxylic acids is 2. The zero-order chi connectivity index (χ0) is 18.8. The molecule has 138 valence electrons. The minimum atomic E-state index is -0.610. The molecule has 0 aliphatic carbocycles. The number of methoxy groups -OCH3 is 1. The molecule has 0 N–H and O–H groups in total. The molecule has 0 radical (unpaired) electrons. The monoisotopic (exact) mass is 394 g/mol. The lowest BCUT2D eigenvalue weighted by atomic mass is 9.94. The molecule has 2 aliphatic heterocycles. The minimum absolute atomic E-state index is 0.0894. The summed E-state index contributed by atoms with van der Waals surface area (Å²) in [4.78, 5) is 31.5. The summed E-state index contributed by atoms with van der Waals surface area (Å²) in [5.74, 6) is -0.599. The number of amidine groups is 1. The highest BCUT2D eigenvalue weighted by molar-refractivity contribution is 8.15. The van der Waals surface area contributed by atoms with Gasteiger partial charge in [0.15, 0.2) is 5.17 Å². The Balaban J connectivity index is 2.05. The fourth-order valence-electron chi connectivity index (χ4n) is 2.95. The van der Waals surface area contributed by atoms with Gasteiger partial charge in [-0.1, -0.05) is 35.5 Å². The maximum Gasteiger partial charge on any atom is 0.338 e. The third-order valence-electron chi connectivity index (χ3n) is 4.16. The number of nitrogens with zero attached hydrogens (tertiary/aromatic N) is 2. The van der Waals surface area contributed by atoms with Gasteiger partial charge in [-0.05, 0) is 31.5 Å². The number of carbonyl (C=O) groups is 2. The number of aliphatic imine (C=N–C) groups is 1. The number of allylic oxidation sites excluding steroid dienone is 1. The molecule has 26 heavy (non-hydrogen) atoms. The maximum atomic E-state index is 12.7. The highest BCUT2D eigenvalue weighted by Gasteiger charge is 2.46.